The molecule has 0 radical (unpaired) electrons. The summed E-state index contributed by atoms with van der Waals surface area (Å²) in [6.07, 6.45) is 0. The van der Waals surface area contributed by atoms with Gasteiger partial charge in [-0.2, -0.15) is 0 Å². The lowest BCUT2D eigenvalue weighted by atomic mass is 10.0. The molecule has 1 aromatic heterocycles. The van der Waals surface area contributed by atoms with E-state index >= 15 is 0 Å². The Bertz CT molecular complexity index is 841. The van der Waals surface area contributed by atoms with E-state index in [0.29, 0.717) is 10.9 Å². The lowest BCUT2D eigenvalue weighted by Gasteiger charge is -2.05. The van der Waals surface area contributed by atoms with Gasteiger partial charge in [0.05, 0.1) is 12.8 Å². The molecule has 0 bridgehead atoms. The number of aromatic amines is 1. The van der Waals surface area contributed by atoms with Crippen LogP contribution in [0.25, 0.3) is 22.2 Å². The van der Waals surface area contributed by atoms with Crippen molar-refractivity contribution in [3.05, 3.63) is 53.8 Å². The third-order valence-corrected chi connectivity index (χ3v) is 3.57. The molecular weight excluding hydrogens is 287 g/mol. The predicted octanol–water partition coefficient (Wildman–Crippen LogP) is 3.62. The van der Waals surface area contributed by atoms with Crippen LogP contribution in [-0.4, -0.2) is 17.1 Å². The van der Waals surface area contributed by atoms with Crippen molar-refractivity contribution in [1.82, 2.24) is 4.98 Å². The second-order valence-corrected chi connectivity index (χ2v) is 5.10. The van der Waals surface area contributed by atoms with Crippen LogP contribution in [0, 0.1) is 5.82 Å². The van der Waals surface area contributed by atoms with Gasteiger partial charge in [-0.25, -0.2) is 4.39 Å². The Morgan fingerprint density at radius 3 is 2.76 bits per heavy atom. The fourth-order valence-corrected chi connectivity index (χ4v) is 2.63. The maximum absolute atomic E-state index is 13.5. The van der Waals surface area contributed by atoms with Gasteiger partial charge in [0, 0.05) is 22.0 Å². The zero-order valence-electron chi connectivity index (χ0n) is 11.3. The van der Waals surface area contributed by atoms with Gasteiger partial charge in [0.15, 0.2) is 0 Å². The van der Waals surface area contributed by atoms with Crippen molar-refractivity contribution in [3.8, 4) is 17.0 Å². The molecule has 0 saturated carbocycles. The molecule has 0 unspecified atom stereocenters. The summed E-state index contributed by atoms with van der Waals surface area (Å²) in [6, 6.07) is 12.0. The highest BCUT2D eigenvalue weighted by molar-refractivity contribution is 7.80. The number of halogens is 1. The minimum Gasteiger partial charge on any atom is -0.497 e. The number of thiocarbonyl (C=S) groups is 1. The van der Waals surface area contributed by atoms with Crippen LogP contribution >= 0.6 is 12.2 Å². The second-order valence-electron chi connectivity index (χ2n) is 4.66. The SMILES string of the molecule is COc1cccc(-c2[nH]c3ccc(F)cc3c2C(N)=S)c1. The number of H-pyrrole nitrogens is 1. The first-order valence-electron chi connectivity index (χ1n) is 6.35. The molecule has 0 aliphatic heterocycles. The third-order valence-electron chi connectivity index (χ3n) is 3.37. The quantitative estimate of drug-likeness (QED) is 0.726. The highest BCUT2D eigenvalue weighted by Crippen LogP contribution is 2.32. The standard InChI is InChI=1S/C16H13FN2OS/c1-20-11-4-2-3-9(7-11)15-14(16(18)21)12-8-10(17)5-6-13(12)19-15/h2-8,19H,1H3,(H2,18,21). The molecule has 1 heterocycles. The van der Waals surface area contributed by atoms with E-state index in [9.17, 15) is 4.39 Å². The maximum Gasteiger partial charge on any atom is 0.123 e. The zero-order chi connectivity index (χ0) is 15.0. The molecule has 0 amide bonds. The number of rotatable bonds is 3. The Morgan fingerprint density at radius 2 is 2.05 bits per heavy atom. The number of aromatic nitrogens is 1. The molecule has 3 rings (SSSR count). The van der Waals surface area contributed by atoms with Gasteiger partial charge >= 0.3 is 0 Å². The van der Waals surface area contributed by atoms with Crippen LogP contribution in [0.3, 0.4) is 0 Å². The first-order chi connectivity index (χ1) is 10.1. The average molecular weight is 300 g/mol. The lowest BCUT2D eigenvalue weighted by molar-refractivity contribution is 0.415. The van der Waals surface area contributed by atoms with Crippen LogP contribution in [0.4, 0.5) is 4.39 Å². The molecule has 5 heteroatoms. The Hall–Kier alpha value is -2.40. The van der Waals surface area contributed by atoms with Crippen LogP contribution in [0.2, 0.25) is 0 Å². The number of hydrogen-bond donors (Lipinski definition) is 2. The summed E-state index contributed by atoms with van der Waals surface area (Å²) < 4.78 is 18.7. The van der Waals surface area contributed by atoms with Crippen LogP contribution in [0.15, 0.2) is 42.5 Å². The molecule has 3 aromatic rings. The Labute approximate surface area is 126 Å². The van der Waals surface area contributed by atoms with E-state index < -0.39 is 0 Å². The first kappa shape index (κ1) is 13.6. The number of benzene rings is 2. The fourth-order valence-electron chi connectivity index (χ4n) is 2.42. The molecule has 3 N–H and O–H groups in total. The molecule has 106 valence electrons. The molecule has 21 heavy (non-hydrogen) atoms. The molecule has 0 fully saturated rings. The number of hydrogen-bond acceptors (Lipinski definition) is 2. The highest BCUT2D eigenvalue weighted by Gasteiger charge is 2.16. The topological polar surface area (TPSA) is 51.0 Å². The summed E-state index contributed by atoms with van der Waals surface area (Å²) in [5.74, 6) is 0.405. The van der Waals surface area contributed by atoms with Crippen LogP contribution in [0.5, 0.6) is 5.75 Å². The summed E-state index contributed by atoms with van der Waals surface area (Å²) >= 11 is 5.14. The number of methoxy groups -OCH3 is 1. The third kappa shape index (κ3) is 2.36. The van der Waals surface area contributed by atoms with Crippen molar-refractivity contribution < 1.29 is 9.13 Å². The predicted molar refractivity (Wildman–Crippen MR) is 86.1 cm³/mol. The monoisotopic (exact) mass is 300 g/mol. The van der Waals surface area contributed by atoms with Crippen molar-refractivity contribution in [1.29, 1.82) is 0 Å². The van der Waals surface area contributed by atoms with E-state index in [1.54, 1.807) is 13.2 Å². The summed E-state index contributed by atoms with van der Waals surface area (Å²) in [4.78, 5) is 3.48. The van der Waals surface area contributed by atoms with Crippen molar-refractivity contribution in [3.63, 3.8) is 0 Å². The summed E-state index contributed by atoms with van der Waals surface area (Å²) in [6.45, 7) is 0. The first-order valence-corrected chi connectivity index (χ1v) is 6.76. The van der Waals surface area contributed by atoms with Gasteiger partial charge in [-0.05, 0) is 30.3 Å². The second kappa shape index (κ2) is 5.18. The van der Waals surface area contributed by atoms with Crippen LogP contribution in [-0.2, 0) is 0 Å². The van der Waals surface area contributed by atoms with E-state index in [-0.39, 0.29) is 10.8 Å². The Balaban J connectivity index is 2.31. The maximum atomic E-state index is 13.5. The average Bonchev–Trinajstić information content (AvgIpc) is 2.86. The van der Waals surface area contributed by atoms with Crippen molar-refractivity contribution in [2.45, 2.75) is 0 Å². The van der Waals surface area contributed by atoms with Gasteiger partial charge in [-0.3, -0.25) is 0 Å². The van der Waals surface area contributed by atoms with Gasteiger partial charge in [-0.15, -0.1) is 0 Å². The fraction of sp³-hybridized carbons (Fsp3) is 0.0625. The summed E-state index contributed by atoms with van der Waals surface area (Å²) in [7, 11) is 1.61. The Kier molecular flexibility index (Phi) is 3.35. The highest BCUT2D eigenvalue weighted by atomic mass is 32.1. The summed E-state index contributed by atoms with van der Waals surface area (Å²) in [5, 5.41) is 0.681. The molecule has 0 aliphatic rings. The van der Waals surface area contributed by atoms with E-state index in [4.69, 9.17) is 22.7 Å². The minimum atomic E-state index is -0.323. The van der Waals surface area contributed by atoms with Gasteiger partial charge in [0.2, 0.25) is 0 Å². The molecular formula is C16H13FN2OS. The number of nitrogens with two attached hydrogens (primary N) is 1. The lowest BCUT2D eigenvalue weighted by Crippen LogP contribution is -2.10. The molecule has 0 aliphatic carbocycles. The molecule has 3 nitrogen and oxygen atoms in total. The van der Waals surface area contributed by atoms with Crippen LogP contribution in [0.1, 0.15) is 5.56 Å². The zero-order valence-corrected chi connectivity index (χ0v) is 12.1. The molecule has 0 spiro atoms. The van der Waals surface area contributed by atoms with Gasteiger partial charge < -0.3 is 15.5 Å². The van der Waals surface area contributed by atoms with E-state index in [0.717, 1.165) is 22.5 Å². The number of nitrogens with one attached hydrogen (secondary N) is 1. The van der Waals surface area contributed by atoms with Crippen molar-refractivity contribution in [2.24, 2.45) is 5.73 Å². The van der Waals surface area contributed by atoms with Gasteiger partial charge in [-0.1, -0.05) is 24.4 Å². The largest absolute Gasteiger partial charge is 0.497 e. The Morgan fingerprint density at radius 1 is 1.24 bits per heavy atom. The molecule has 2 aromatic carbocycles. The molecule has 0 saturated heterocycles. The van der Waals surface area contributed by atoms with Gasteiger partial charge in [0.25, 0.3) is 0 Å². The van der Waals surface area contributed by atoms with Crippen LogP contribution < -0.4 is 10.5 Å². The normalized spacial score (nSPS) is 10.8. The minimum absolute atomic E-state index is 0.227. The number of fused-ring (bicyclic) bond motifs is 1. The van der Waals surface area contributed by atoms with E-state index in [1.165, 1.54) is 12.1 Å². The smallest absolute Gasteiger partial charge is 0.123 e. The van der Waals surface area contributed by atoms with E-state index in [2.05, 4.69) is 4.98 Å². The van der Waals surface area contributed by atoms with Crippen molar-refractivity contribution in [2.75, 3.05) is 7.11 Å². The van der Waals surface area contributed by atoms with Crippen molar-refractivity contribution >= 4 is 28.1 Å². The summed E-state index contributed by atoms with van der Waals surface area (Å²) in [5.41, 5.74) is 8.92. The number of ether oxygens (including phenoxy) is 1. The molecule has 0 atom stereocenters. The van der Waals surface area contributed by atoms with Gasteiger partial charge in [0.1, 0.15) is 16.6 Å². The van der Waals surface area contributed by atoms with E-state index in [1.807, 2.05) is 24.3 Å².